The maximum atomic E-state index is 12.0. The first-order chi connectivity index (χ1) is 14.7. The summed E-state index contributed by atoms with van der Waals surface area (Å²) in [6.45, 7) is 3.05. The first-order valence-corrected chi connectivity index (χ1v) is 9.96. The van der Waals surface area contributed by atoms with E-state index in [9.17, 15) is 4.79 Å². The highest BCUT2D eigenvalue weighted by atomic mass is 35.5. The lowest BCUT2D eigenvalue weighted by Gasteiger charge is -2.11. The summed E-state index contributed by atoms with van der Waals surface area (Å²) in [6, 6.07) is 18.4. The average Bonchev–Trinajstić information content (AvgIpc) is 2.76. The number of pyridine rings is 1. The van der Waals surface area contributed by atoms with E-state index in [0.717, 1.165) is 11.1 Å². The van der Waals surface area contributed by atoms with Crippen LogP contribution in [0.4, 0.5) is 0 Å². The number of nitrogens with zero attached hydrogens (tertiary/aromatic N) is 1. The number of ether oxygens (including phenoxy) is 3. The van der Waals surface area contributed by atoms with Gasteiger partial charge in [0.25, 0.3) is 0 Å². The summed E-state index contributed by atoms with van der Waals surface area (Å²) in [5.41, 5.74) is 1.69. The van der Waals surface area contributed by atoms with Crippen molar-refractivity contribution in [1.82, 2.24) is 10.3 Å². The standard InChI is InChI=1S/C23H23ClN2O4/c1-2-29-20-9-5-6-10-21(20)30-23-12-11-17(14-26-23)13-25-22(27)16-28-15-18-7-3-4-8-19(18)24/h3-12,14H,2,13,15-16H2,1H3,(H,25,27). The number of carbonyl (C=O) groups excluding carboxylic acids is 1. The number of amides is 1. The molecule has 0 atom stereocenters. The Kier molecular flexibility index (Phi) is 8.06. The molecule has 3 rings (SSSR count). The highest BCUT2D eigenvalue weighted by molar-refractivity contribution is 6.31. The fourth-order valence-electron chi connectivity index (χ4n) is 2.62. The number of nitrogens with one attached hydrogen (secondary N) is 1. The lowest BCUT2D eigenvalue weighted by Crippen LogP contribution is -2.27. The number of halogens is 1. The summed E-state index contributed by atoms with van der Waals surface area (Å²) in [7, 11) is 0. The van der Waals surface area contributed by atoms with Crippen LogP contribution in [0.25, 0.3) is 0 Å². The monoisotopic (exact) mass is 426 g/mol. The van der Waals surface area contributed by atoms with Crippen LogP contribution in [0.15, 0.2) is 66.9 Å². The number of rotatable bonds is 10. The van der Waals surface area contributed by atoms with Crippen LogP contribution < -0.4 is 14.8 Å². The second-order valence-corrected chi connectivity index (χ2v) is 6.75. The van der Waals surface area contributed by atoms with E-state index in [0.29, 0.717) is 35.6 Å². The topological polar surface area (TPSA) is 69.7 Å². The van der Waals surface area contributed by atoms with Crippen molar-refractivity contribution in [2.24, 2.45) is 0 Å². The van der Waals surface area contributed by atoms with Crippen molar-refractivity contribution in [3.05, 3.63) is 83.0 Å². The normalized spacial score (nSPS) is 10.5. The molecule has 0 aliphatic heterocycles. The molecule has 0 saturated heterocycles. The molecular formula is C23H23ClN2O4. The summed E-state index contributed by atoms with van der Waals surface area (Å²) in [6.07, 6.45) is 1.66. The molecule has 0 aliphatic rings. The van der Waals surface area contributed by atoms with Gasteiger partial charge in [0, 0.05) is 23.8 Å². The first kappa shape index (κ1) is 21.6. The predicted molar refractivity (Wildman–Crippen MR) is 115 cm³/mol. The van der Waals surface area contributed by atoms with Crippen molar-refractivity contribution in [2.75, 3.05) is 13.2 Å². The Morgan fingerprint density at radius 1 is 1.03 bits per heavy atom. The number of carbonyl (C=O) groups is 1. The number of para-hydroxylation sites is 2. The van der Waals surface area contributed by atoms with E-state index >= 15 is 0 Å². The van der Waals surface area contributed by atoms with Crippen LogP contribution in [-0.4, -0.2) is 24.1 Å². The summed E-state index contributed by atoms with van der Waals surface area (Å²) >= 11 is 6.06. The zero-order valence-electron chi connectivity index (χ0n) is 16.6. The van der Waals surface area contributed by atoms with Gasteiger partial charge in [-0.3, -0.25) is 4.79 Å². The van der Waals surface area contributed by atoms with E-state index in [1.807, 2.05) is 55.5 Å². The summed E-state index contributed by atoms with van der Waals surface area (Å²) in [5.74, 6) is 1.49. The number of hydrogen-bond donors (Lipinski definition) is 1. The van der Waals surface area contributed by atoms with Gasteiger partial charge in [0.15, 0.2) is 11.5 Å². The Morgan fingerprint density at radius 3 is 2.53 bits per heavy atom. The molecule has 0 unspecified atom stereocenters. The maximum Gasteiger partial charge on any atom is 0.246 e. The third-order valence-electron chi connectivity index (χ3n) is 4.10. The van der Waals surface area contributed by atoms with E-state index in [4.69, 9.17) is 25.8 Å². The summed E-state index contributed by atoms with van der Waals surface area (Å²) < 4.78 is 16.8. The van der Waals surface area contributed by atoms with Crippen molar-refractivity contribution in [3.63, 3.8) is 0 Å². The van der Waals surface area contributed by atoms with Crippen molar-refractivity contribution < 1.29 is 19.0 Å². The van der Waals surface area contributed by atoms with Gasteiger partial charge in [-0.1, -0.05) is 48.0 Å². The number of aromatic nitrogens is 1. The van der Waals surface area contributed by atoms with Crippen LogP contribution in [0.1, 0.15) is 18.1 Å². The molecular weight excluding hydrogens is 404 g/mol. The van der Waals surface area contributed by atoms with E-state index < -0.39 is 0 Å². The average molecular weight is 427 g/mol. The van der Waals surface area contributed by atoms with Crippen LogP contribution >= 0.6 is 11.6 Å². The minimum Gasteiger partial charge on any atom is -0.490 e. The number of benzene rings is 2. The van der Waals surface area contributed by atoms with Gasteiger partial charge in [-0.2, -0.15) is 0 Å². The second kappa shape index (κ2) is 11.2. The highest BCUT2D eigenvalue weighted by Gasteiger charge is 2.07. The molecule has 2 aromatic carbocycles. The van der Waals surface area contributed by atoms with Crippen molar-refractivity contribution in [1.29, 1.82) is 0 Å². The number of hydrogen-bond acceptors (Lipinski definition) is 5. The van der Waals surface area contributed by atoms with Gasteiger partial charge in [-0.15, -0.1) is 0 Å². The van der Waals surface area contributed by atoms with Gasteiger partial charge < -0.3 is 19.5 Å². The Balaban J connectivity index is 1.44. The smallest absolute Gasteiger partial charge is 0.246 e. The molecule has 0 bridgehead atoms. The molecule has 1 amide bonds. The Morgan fingerprint density at radius 2 is 1.80 bits per heavy atom. The fraction of sp³-hybridized carbons (Fsp3) is 0.217. The fourth-order valence-corrected chi connectivity index (χ4v) is 2.81. The Bertz CT molecular complexity index is 963. The van der Waals surface area contributed by atoms with Crippen molar-refractivity contribution >= 4 is 17.5 Å². The van der Waals surface area contributed by atoms with Crippen LogP contribution in [0.3, 0.4) is 0 Å². The lowest BCUT2D eigenvalue weighted by molar-refractivity contribution is -0.126. The van der Waals surface area contributed by atoms with Gasteiger partial charge in [-0.25, -0.2) is 4.98 Å². The van der Waals surface area contributed by atoms with Gasteiger partial charge in [-0.05, 0) is 36.2 Å². The third-order valence-corrected chi connectivity index (χ3v) is 4.47. The first-order valence-electron chi connectivity index (χ1n) is 9.58. The predicted octanol–water partition coefficient (Wildman–Crippen LogP) is 4.76. The molecule has 6 nitrogen and oxygen atoms in total. The minimum absolute atomic E-state index is 0.0476. The van der Waals surface area contributed by atoms with Crippen LogP contribution in [0.5, 0.6) is 17.4 Å². The third kappa shape index (κ3) is 6.47. The SMILES string of the molecule is CCOc1ccccc1Oc1ccc(CNC(=O)COCc2ccccc2Cl)cn1. The summed E-state index contributed by atoms with van der Waals surface area (Å²) in [5, 5.41) is 3.42. The largest absolute Gasteiger partial charge is 0.490 e. The van der Waals surface area contributed by atoms with E-state index in [2.05, 4.69) is 10.3 Å². The van der Waals surface area contributed by atoms with Crippen molar-refractivity contribution in [3.8, 4) is 17.4 Å². The molecule has 1 heterocycles. The molecule has 0 radical (unpaired) electrons. The zero-order valence-corrected chi connectivity index (χ0v) is 17.4. The van der Waals surface area contributed by atoms with Gasteiger partial charge in [0.2, 0.25) is 11.8 Å². The Hall–Kier alpha value is -3.09. The molecule has 1 aromatic heterocycles. The Labute approximate surface area is 180 Å². The highest BCUT2D eigenvalue weighted by Crippen LogP contribution is 2.30. The molecule has 156 valence electrons. The molecule has 30 heavy (non-hydrogen) atoms. The second-order valence-electron chi connectivity index (χ2n) is 6.35. The van der Waals surface area contributed by atoms with E-state index in [1.54, 1.807) is 18.3 Å². The van der Waals surface area contributed by atoms with Crippen LogP contribution in [0.2, 0.25) is 5.02 Å². The molecule has 0 spiro atoms. The molecule has 0 aliphatic carbocycles. The van der Waals surface area contributed by atoms with Gasteiger partial charge in [0.05, 0.1) is 13.2 Å². The maximum absolute atomic E-state index is 12.0. The summed E-state index contributed by atoms with van der Waals surface area (Å²) in [4.78, 5) is 16.3. The minimum atomic E-state index is -0.215. The lowest BCUT2D eigenvalue weighted by atomic mass is 10.2. The molecule has 1 N–H and O–H groups in total. The molecule has 0 saturated carbocycles. The van der Waals surface area contributed by atoms with Crippen LogP contribution in [-0.2, 0) is 22.7 Å². The van der Waals surface area contributed by atoms with Gasteiger partial charge in [0.1, 0.15) is 6.61 Å². The molecule has 0 fully saturated rings. The van der Waals surface area contributed by atoms with Crippen LogP contribution in [0, 0.1) is 0 Å². The molecule has 7 heteroatoms. The van der Waals surface area contributed by atoms with Gasteiger partial charge >= 0.3 is 0 Å². The zero-order chi connectivity index (χ0) is 21.2. The van der Waals surface area contributed by atoms with E-state index in [1.165, 1.54) is 0 Å². The molecule has 3 aromatic rings. The quantitative estimate of drug-likeness (QED) is 0.506. The van der Waals surface area contributed by atoms with E-state index in [-0.39, 0.29) is 19.1 Å². The van der Waals surface area contributed by atoms with Crippen molar-refractivity contribution in [2.45, 2.75) is 20.1 Å².